The van der Waals surface area contributed by atoms with Crippen LogP contribution in [0, 0.1) is 0 Å². The van der Waals surface area contributed by atoms with Crippen LogP contribution in [0.2, 0.25) is 5.02 Å². The summed E-state index contributed by atoms with van der Waals surface area (Å²) in [7, 11) is 0. The second-order valence-corrected chi connectivity index (χ2v) is 4.78. The van der Waals surface area contributed by atoms with Crippen molar-refractivity contribution in [1.29, 1.82) is 0 Å². The Balaban J connectivity index is 2.47. The number of benzene rings is 2. The summed E-state index contributed by atoms with van der Waals surface area (Å²) in [6.07, 6.45) is 0.394. The molecule has 110 valence electrons. The highest BCUT2D eigenvalue weighted by Gasteiger charge is 2.18. The predicted molar refractivity (Wildman–Crippen MR) is 80.1 cm³/mol. The fourth-order valence-corrected chi connectivity index (χ4v) is 2.18. The molecule has 0 heterocycles. The molecule has 0 aliphatic heterocycles. The molecule has 4 N–H and O–H groups in total. The maximum Gasteiger partial charge on any atom is 0.339 e. The van der Waals surface area contributed by atoms with E-state index in [0.29, 0.717) is 12.2 Å². The second-order valence-electron chi connectivity index (χ2n) is 4.37. The van der Waals surface area contributed by atoms with Gasteiger partial charge in [0.25, 0.3) is 0 Å². The highest BCUT2D eigenvalue weighted by molar-refractivity contribution is 6.33. The summed E-state index contributed by atoms with van der Waals surface area (Å²) in [4.78, 5) is 11.3. The van der Waals surface area contributed by atoms with Crippen LogP contribution in [0.1, 0.15) is 15.9 Å². The number of rotatable bonds is 5. The smallest absolute Gasteiger partial charge is 0.339 e. The molecule has 0 radical (unpaired) electrons. The number of carbonyl (C=O) groups is 1. The molecule has 6 heteroatoms. The minimum Gasteiger partial charge on any atom is -0.478 e. The molecule has 0 atom stereocenters. The highest BCUT2D eigenvalue weighted by Crippen LogP contribution is 2.36. The first-order valence-electron chi connectivity index (χ1n) is 6.22. The molecular formula is C15H14ClNO4. The van der Waals surface area contributed by atoms with Crippen LogP contribution in [0.15, 0.2) is 36.4 Å². The van der Waals surface area contributed by atoms with Crippen molar-refractivity contribution in [2.75, 3.05) is 12.3 Å². The maximum absolute atomic E-state index is 11.3. The van der Waals surface area contributed by atoms with Crippen LogP contribution in [0.3, 0.4) is 0 Å². The van der Waals surface area contributed by atoms with Crippen LogP contribution in [0.25, 0.3) is 0 Å². The fourth-order valence-electron chi connectivity index (χ4n) is 1.92. The Hall–Kier alpha value is -2.24. The van der Waals surface area contributed by atoms with E-state index >= 15 is 0 Å². The number of para-hydroxylation sites is 1. The molecule has 0 fully saturated rings. The number of halogens is 1. The molecule has 2 rings (SSSR count). The minimum absolute atomic E-state index is 0.0313. The lowest BCUT2D eigenvalue weighted by Gasteiger charge is -2.14. The van der Waals surface area contributed by atoms with E-state index in [-0.39, 0.29) is 28.6 Å². The summed E-state index contributed by atoms with van der Waals surface area (Å²) in [6.45, 7) is -0.0400. The van der Waals surface area contributed by atoms with Crippen LogP contribution in [0.4, 0.5) is 5.69 Å². The molecule has 0 bridgehead atoms. The van der Waals surface area contributed by atoms with E-state index in [4.69, 9.17) is 27.2 Å². The largest absolute Gasteiger partial charge is 0.478 e. The first-order valence-corrected chi connectivity index (χ1v) is 6.59. The molecule has 0 aromatic heterocycles. The third-order valence-electron chi connectivity index (χ3n) is 2.86. The summed E-state index contributed by atoms with van der Waals surface area (Å²) in [5, 5.41) is 18.4. The van der Waals surface area contributed by atoms with Crippen molar-refractivity contribution >= 4 is 23.3 Å². The quantitative estimate of drug-likeness (QED) is 0.738. The van der Waals surface area contributed by atoms with Gasteiger partial charge in [-0.15, -0.1) is 0 Å². The van der Waals surface area contributed by atoms with Crippen LogP contribution in [-0.4, -0.2) is 22.8 Å². The summed E-state index contributed by atoms with van der Waals surface area (Å²) in [6, 6.07) is 9.75. The summed E-state index contributed by atoms with van der Waals surface area (Å²) in [5.74, 6) is -0.705. The first-order chi connectivity index (χ1) is 10.0. The number of aromatic carboxylic acids is 1. The van der Waals surface area contributed by atoms with Gasteiger partial charge in [0.2, 0.25) is 0 Å². The van der Waals surface area contributed by atoms with E-state index in [1.165, 1.54) is 12.1 Å². The van der Waals surface area contributed by atoms with Gasteiger partial charge in [-0.25, -0.2) is 4.79 Å². The number of carboxylic acids is 1. The van der Waals surface area contributed by atoms with Crippen molar-refractivity contribution in [2.24, 2.45) is 0 Å². The number of hydrogen-bond acceptors (Lipinski definition) is 4. The molecule has 5 nitrogen and oxygen atoms in total. The fraction of sp³-hybridized carbons (Fsp3) is 0.133. The SMILES string of the molecule is Nc1cc(Cl)c(Oc2ccccc2CCO)c(C(=O)O)c1. The molecule has 0 unspecified atom stereocenters. The highest BCUT2D eigenvalue weighted by atomic mass is 35.5. The Morgan fingerprint density at radius 1 is 1.29 bits per heavy atom. The molecular weight excluding hydrogens is 294 g/mol. The van der Waals surface area contributed by atoms with Crippen LogP contribution >= 0.6 is 11.6 Å². The van der Waals surface area contributed by atoms with E-state index in [0.717, 1.165) is 5.56 Å². The molecule has 0 saturated carbocycles. The molecule has 0 spiro atoms. The van der Waals surface area contributed by atoms with Gasteiger partial charge in [0.1, 0.15) is 11.3 Å². The Labute approximate surface area is 126 Å². The van der Waals surface area contributed by atoms with E-state index in [9.17, 15) is 9.90 Å². The number of aliphatic hydroxyl groups excluding tert-OH is 1. The Morgan fingerprint density at radius 2 is 2.00 bits per heavy atom. The summed E-state index contributed by atoms with van der Waals surface area (Å²) >= 11 is 6.04. The number of nitrogen functional groups attached to an aromatic ring is 1. The molecule has 0 aliphatic rings. The van der Waals surface area contributed by atoms with E-state index in [2.05, 4.69) is 0 Å². The van der Waals surface area contributed by atoms with Gasteiger partial charge < -0.3 is 20.7 Å². The number of carboxylic acid groups (broad SMARTS) is 1. The average Bonchev–Trinajstić information content (AvgIpc) is 2.43. The molecule has 2 aromatic carbocycles. The Kier molecular flexibility index (Phi) is 4.67. The Bertz CT molecular complexity index is 673. The second kappa shape index (κ2) is 6.47. The van der Waals surface area contributed by atoms with Crippen molar-refractivity contribution in [3.63, 3.8) is 0 Å². The molecule has 2 aromatic rings. The number of ether oxygens (including phenoxy) is 1. The van der Waals surface area contributed by atoms with Gasteiger partial charge in [0, 0.05) is 12.3 Å². The number of nitrogens with two attached hydrogens (primary N) is 1. The van der Waals surface area contributed by atoms with Crippen molar-refractivity contribution in [3.05, 3.63) is 52.5 Å². The summed E-state index contributed by atoms with van der Waals surface area (Å²) in [5.41, 5.74) is 6.49. The van der Waals surface area contributed by atoms with Gasteiger partial charge >= 0.3 is 5.97 Å². The van der Waals surface area contributed by atoms with Gasteiger partial charge in [-0.05, 0) is 30.2 Å². The van der Waals surface area contributed by atoms with Crippen molar-refractivity contribution in [3.8, 4) is 11.5 Å². The zero-order chi connectivity index (χ0) is 15.4. The van der Waals surface area contributed by atoms with Gasteiger partial charge in [-0.2, -0.15) is 0 Å². The van der Waals surface area contributed by atoms with Gasteiger partial charge in [0.15, 0.2) is 5.75 Å². The van der Waals surface area contributed by atoms with Crippen molar-refractivity contribution in [1.82, 2.24) is 0 Å². The monoisotopic (exact) mass is 307 g/mol. The number of hydrogen-bond donors (Lipinski definition) is 3. The molecule has 0 saturated heterocycles. The lowest BCUT2D eigenvalue weighted by molar-refractivity contribution is 0.0694. The maximum atomic E-state index is 11.3. The predicted octanol–water partition coefficient (Wildman–Crippen LogP) is 2.95. The van der Waals surface area contributed by atoms with Gasteiger partial charge in [0.05, 0.1) is 5.02 Å². The topological polar surface area (TPSA) is 92.8 Å². The van der Waals surface area contributed by atoms with Gasteiger partial charge in [-0.1, -0.05) is 29.8 Å². The zero-order valence-electron chi connectivity index (χ0n) is 11.0. The van der Waals surface area contributed by atoms with E-state index < -0.39 is 5.97 Å². The minimum atomic E-state index is -1.18. The third-order valence-corrected chi connectivity index (χ3v) is 3.14. The number of aliphatic hydroxyl groups is 1. The lowest BCUT2D eigenvalue weighted by atomic mass is 10.1. The standard InChI is InChI=1S/C15H14ClNO4/c16-12-8-10(17)7-11(15(19)20)14(12)21-13-4-2-1-3-9(13)5-6-18/h1-4,7-8,18H,5-6,17H2,(H,19,20). The number of anilines is 1. The summed E-state index contributed by atoms with van der Waals surface area (Å²) < 4.78 is 5.66. The average molecular weight is 308 g/mol. The molecule has 0 amide bonds. The van der Waals surface area contributed by atoms with E-state index in [1.54, 1.807) is 24.3 Å². The van der Waals surface area contributed by atoms with Crippen LogP contribution in [-0.2, 0) is 6.42 Å². The van der Waals surface area contributed by atoms with E-state index in [1.807, 2.05) is 0 Å². The zero-order valence-corrected chi connectivity index (χ0v) is 11.8. The van der Waals surface area contributed by atoms with Crippen LogP contribution < -0.4 is 10.5 Å². The van der Waals surface area contributed by atoms with Crippen molar-refractivity contribution in [2.45, 2.75) is 6.42 Å². The normalized spacial score (nSPS) is 10.4. The first kappa shape index (κ1) is 15.2. The lowest BCUT2D eigenvalue weighted by Crippen LogP contribution is -2.03. The molecule has 21 heavy (non-hydrogen) atoms. The van der Waals surface area contributed by atoms with Crippen LogP contribution in [0.5, 0.6) is 11.5 Å². The van der Waals surface area contributed by atoms with Crippen molar-refractivity contribution < 1.29 is 19.7 Å². The van der Waals surface area contributed by atoms with Gasteiger partial charge in [-0.3, -0.25) is 0 Å². The molecule has 0 aliphatic carbocycles. The Morgan fingerprint density at radius 3 is 2.67 bits per heavy atom. The third kappa shape index (κ3) is 3.45.